The van der Waals surface area contributed by atoms with E-state index in [1.807, 2.05) is 18.3 Å². The predicted octanol–water partition coefficient (Wildman–Crippen LogP) is 5.16. The molecule has 0 aliphatic carbocycles. The van der Waals surface area contributed by atoms with Crippen molar-refractivity contribution in [1.29, 1.82) is 0 Å². The van der Waals surface area contributed by atoms with E-state index in [4.69, 9.17) is 0 Å². The van der Waals surface area contributed by atoms with Crippen LogP contribution in [0.5, 0.6) is 5.75 Å². The normalized spacial score (nSPS) is 13.4. The Kier molecular flexibility index (Phi) is 6.90. The number of aromatic nitrogens is 1. The first-order valence-corrected chi connectivity index (χ1v) is 10.4. The van der Waals surface area contributed by atoms with E-state index < -0.39 is 0 Å². The lowest BCUT2D eigenvalue weighted by Crippen LogP contribution is -2.26. The number of hydrogen-bond acceptors (Lipinski definition) is 4. The van der Waals surface area contributed by atoms with Crippen molar-refractivity contribution in [2.75, 3.05) is 11.9 Å². The van der Waals surface area contributed by atoms with Gasteiger partial charge in [0, 0.05) is 33.4 Å². The van der Waals surface area contributed by atoms with Crippen molar-refractivity contribution in [2.45, 2.75) is 32.9 Å². The van der Waals surface area contributed by atoms with Gasteiger partial charge in [-0.1, -0.05) is 19.1 Å². The average molecular weight is 475 g/mol. The molecule has 3 N–H and O–H groups in total. The second-order valence-corrected chi connectivity index (χ2v) is 8.45. The number of rotatable bonds is 8. The highest BCUT2D eigenvalue weighted by Crippen LogP contribution is 2.24. The summed E-state index contributed by atoms with van der Waals surface area (Å²) in [6.45, 7) is 6.28. The van der Waals surface area contributed by atoms with E-state index in [1.54, 1.807) is 12.1 Å². The Morgan fingerprint density at radius 2 is 1.85 bits per heavy atom. The van der Waals surface area contributed by atoms with E-state index in [0.717, 1.165) is 30.7 Å². The lowest BCUT2D eigenvalue weighted by molar-refractivity contribution is 0.457. The molecule has 0 fully saturated rings. The summed E-state index contributed by atoms with van der Waals surface area (Å²) in [5.74, 6) is 0.865. The van der Waals surface area contributed by atoms with Crippen molar-refractivity contribution in [3.05, 3.63) is 63.9 Å². The zero-order valence-corrected chi connectivity index (χ0v) is 17.9. The van der Waals surface area contributed by atoms with Crippen molar-refractivity contribution in [1.82, 2.24) is 10.3 Å². The number of anilines is 1. The van der Waals surface area contributed by atoms with Crippen molar-refractivity contribution < 1.29 is 5.11 Å². The third-order valence-electron chi connectivity index (χ3n) is 4.62. The van der Waals surface area contributed by atoms with Gasteiger partial charge < -0.3 is 15.7 Å². The maximum atomic E-state index is 9.34. The van der Waals surface area contributed by atoms with Gasteiger partial charge in [0.2, 0.25) is 0 Å². The summed E-state index contributed by atoms with van der Waals surface area (Å²) in [7, 11) is 0. The fourth-order valence-corrected chi connectivity index (χ4v) is 3.81. The Hall–Kier alpha value is -1.86. The molecule has 0 spiro atoms. The molecule has 2 unspecified atom stereocenters. The Bertz CT molecular complexity index is 882. The van der Waals surface area contributed by atoms with E-state index in [0.29, 0.717) is 17.7 Å². The topological polar surface area (TPSA) is 57.2 Å². The van der Waals surface area contributed by atoms with Gasteiger partial charge in [-0.15, -0.1) is 0 Å². The first-order valence-electron chi connectivity index (χ1n) is 9.30. The molecule has 0 bridgehead atoms. The van der Waals surface area contributed by atoms with Gasteiger partial charge in [-0.05, 0) is 90.4 Å². The number of aromatic hydroxyl groups is 1. The fourth-order valence-electron chi connectivity index (χ4n) is 3.34. The summed E-state index contributed by atoms with van der Waals surface area (Å²) in [6, 6.07) is 16.2. The number of benzene rings is 2. The number of nitrogens with zero attached hydrogens (tertiary/aromatic N) is 1. The van der Waals surface area contributed by atoms with Gasteiger partial charge in [-0.25, -0.2) is 0 Å². The molecule has 1 heterocycles. The van der Waals surface area contributed by atoms with E-state index in [-0.39, 0.29) is 0 Å². The third-order valence-corrected chi connectivity index (χ3v) is 5.29. The summed E-state index contributed by atoms with van der Waals surface area (Å²) >= 11 is 2.32. The minimum Gasteiger partial charge on any atom is -0.508 e. The van der Waals surface area contributed by atoms with Crippen LogP contribution in [0.1, 0.15) is 25.8 Å². The van der Waals surface area contributed by atoms with Crippen molar-refractivity contribution in [2.24, 2.45) is 5.92 Å². The number of nitrogens with one attached hydrogen (secondary N) is 2. The smallest absolute Gasteiger partial charge is 0.115 e. The minimum atomic E-state index is 0.311. The molecule has 1 aromatic heterocycles. The van der Waals surface area contributed by atoms with Gasteiger partial charge in [-0.2, -0.15) is 0 Å². The van der Waals surface area contributed by atoms with Crippen LogP contribution >= 0.6 is 22.6 Å². The van der Waals surface area contributed by atoms with Crippen molar-refractivity contribution in [3.8, 4) is 5.75 Å². The minimum absolute atomic E-state index is 0.311. The first kappa shape index (κ1) is 19.9. The van der Waals surface area contributed by atoms with Crippen LogP contribution < -0.4 is 10.6 Å². The molecule has 2 aromatic carbocycles. The Labute approximate surface area is 174 Å². The quantitative estimate of drug-likeness (QED) is 0.394. The zero-order valence-electron chi connectivity index (χ0n) is 15.7. The number of fused-ring (bicyclic) bond motifs is 1. The molecule has 4 nitrogen and oxygen atoms in total. The van der Waals surface area contributed by atoms with Crippen LogP contribution in [0.15, 0.2) is 54.7 Å². The molecule has 0 aliphatic heterocycles. The lowest BCUT2D eigenvalue weighted by atomic mass is 10.0. The highest BCUT2D eigenvalue weighted by atomic mass is 127. The molecule has 0 aliphatic rings. The van der Waals surface area contributed by atoms with Crippen LogP contribution in [0.25, 0.3) is 10.9 Å². The molecule has 0 saturated carbocycles. The number of phenols is 1. The zero-order chi connectivity index (χ0) is 19.2. The number of hydrogen-bond donors (Lipinski definition) is 3. The third kappa shape index (κ3) is 5.81. The molecule has 142 valence electrons. The van der Waals surface area contributed by atoms with E-state index in [1.165, 1.54) is 14.5 Å². The van der Waals surface area contributed by atoms with Gasteiger partial charge in [-0.3, -0.25) is 4.98 Å². The monoisotopic (exact) mass is 475 g/mol. The van der Waals surface area contributed by atoms with Crippen LogP contribution in [-0.4, -0.2) is 22.7 Å². The molecular formula is C22H26IN3O. The SMILES string of the molecule is CC(CNCc1ccc(O)cc1)CC(C)Nc1ccnc2cc(I)ccc12. The van der Waals surface area contributed by atoms with Crippen LogP contribution in [0.3, 0.4) is 0 Å². The second-order valence-electron chi connectivity index (χ2n) is 7.20. The molecule has 0 amide bonds. The molecule has 27 heavy (non-hydrogen) atoms. The summed E-state index contributed by atoms with van der Waals surface area (Å²) < 4.78 is 1.20. The maximum Gasteiger partial charge on any atom is 0.115 e. The van der Waals surface area contributed by atoms with Crippen LogP contribution in [0.4, 0.5) is 5.69 Å². The standard InChI is InChI=1S/C22H26IN3O/c1-15(13-24-14-17-3-6-19(27)7-4-17)11-16(2)26-21-9-10-25-22-12-18(23)5-8-20(21)22/h3-10,12,15-16,24,27H,11,13-14H2,1-2H3,(H,25,26). The van der Waals surface area contributed by atoms with Crippen LogP contribution in [0.2, 0.25) is 0 Å². The van der Waals surface area contributed by atoms with Crippen molar-refractivity contribution in [3.63, 3.8) is 0 Å². The summed E-state index contributed by atoms with van der Waals surface area (Å²) in [5, 5.41) is 17.7. The summed E-state index contributed by atoms with van der Waals surface area (Å²) in [5.41, 5.74) is 3.36. The van der Waals surface area contributed by atoms with E-state index in [2.05, 4.69) is 76.3 Å². The Morgan fingerprint density at radius 1 is 1.07 bits per heavy atom. The summed E-state index contributed by atoms with van der Waals surface area (Å²) in [4.78, 5) is 4.48. The molecule has 3 rings (SSSR count). The van der Waals surface area contributed by atoms with Crippen molar-refractivity contribution >= 4 is 39.2 Å². The van der Waals surface area contributed by atoms with E-state index >= 15 is 0 Å². The lowest BCUT2D eigenvalue weighted by Gasteiger charge is -2.21. The highest BCUT2D eigenvalue weighted by molar-refractivity contribution is 14.1. The van der Waals surface area contributed by atoms with Gasteiger partial charge in [0.25, 0.3) is 0 Å². The molecular weight excluding hydrogens is 449 g/mol. The van der Waals surface area contributed by atoms with Gasteiger partial charge in [0.15, 0.2) is 0 Å². The molecule has 2 atom stereocenters. The number of halogens is 1. The number of phenolic OH excluding ortho intramolecular Hbond substituents is 1. The second kappa shape index (κ2) is 9.37. The number of pyridine rings is 1. The molecule has 0 radical (unpaired) electrons. The van der Waals surface area contributed by atoms with Crippen LogP contribution in [0, 0.1) is 9.49 Å². The average Bonchev–Trinajstić information content (AvgIpc) is 2.63. The predicted molar refractivity (Wildman–Crippen MR) is 121 cm³/mol. The maximum absolute atomic E-state index is 9.34. The van der Waals surface area contributed by atoms with Gasteiger partial charge in [0.05, 0.1) is 5.52 Å². The molecule has 0 saturated heterocycles. The highest BCUT2D eigenvalue weighted by Gasteiger charge is 2.11. The molecule has 3 aromatic rings. The first-order chi connectivity index (χ1) is 13.0. The van der Waals surface area contributed by atoms with E-state index in [9.17, 15) is 5.11 Å². The summed E-state index contributed by atoms with van der Waals surface area (Å²) in [6.07, 6.45) is 2.95. The van der Waals surface area contributed by atoms with Gasteiger partial charge >= 0.3 is 0 Å². The van der Waals surface area contributed by atoms with Gasteiger partial charge in [0.1, 0.15) is 5.75 Å². The molecule has 5 heteroatoms. The Morgan fingerprint density at radius 3 is 2.63 bits per heavy atom. The Balaban J connectivity index is 1.50. The fraction of sp³-hybridized carbons (Fsp3) is 0.318. The van der Waals surface area contributed by atoms with Crippen LogP contribution in [-0.2, 0) is 6.54 Å². The largest absolute Gasteiger partial charge is 0.508 e.